The fourth-order valence-electron chi connectivity index (χ4n) is 3.71. The molecule has 1 N–H and O–H groups in total. The molecule has 1 fully saturated rings. The average Bonchev–Trinajstić information content (AvgIpc) is 2.65. The van der Waals surface area contributed by atoms with E-state index >= 15 is 0 Å². The maximum atomic E-state index is 13.0. The third-order valence-corrected chi connectivity index (χ3v) is 5.28. The average molecular weight is 339 g/mol. The second kappa shape index (κ2) is 7.98. The maximum absolute atomic E-state index is 13.0. The van der Waals surface area contributed by atoms with Crippen LogP contribution < -0.4 is 10.7 Å². The highest BCUT2D eigenvalue weighted by molar-refractivity contribution is 5.79. The lowest BCUT2D eigenvalue weighted by molar-refractivity contribution is 0.170. The van der Waals surface area contributed by atoms with Gasteiger partial charge in [0.1, 0.15) is 0 Å². The molecule has 1 unspecified atom stereocenters. The van der Waals surface area contributed by atoms with Crippen LogP contribution in [0.1, 0.15) is 32.3 Å². The largest absolute Gasteiger partial charge is 0.350 e. The van der Waals surface area contributed by atoms with E-state index in [1.807, 2.05) is 37.5 Å². The van der Waals surface area contributed by atoms with Crippen LogP contribution in [-0.4, -0.2) is 35.1 Å². The van der Waals surface area contributed by atoms with E-state index in [0.29, 0.717) is 12.6 Å². The Balaban J connectivity index is 1.94. The summed E-state index contributed by atoms with van der Waals surface area (Å²) in [6, 6.07) is 8.36. The Morgan fingerprint density at radius 1 is 1.40 bits per heavy atom. The number of nitrogens with zero attached hydrogens (tertiary/aromatic N) is 2. The van der Waals surface area contributed by atoms with Gasteiger partial charge in [-0.15, -0.1) is 0 Å². The van der Waals surface area contributed by atoms with E-state index in [4.69, 9.17) is 0 Å². The SMILES string of the molecule is C/C=C(\C)CN(Cc1cn(C)c2ccccc2c1=O)C1CCCNC1. The second-order valence-corrected chi connectivity index (χ2v) is 7.15. The molecular weight excluding hydrogens is 310 g/mol. The van der Waals surface area contributed by atoms with Gasteiger partial charge in [0.2, 0.25) is 0 Å². The highest BCUT2D eigenvalue weighted by Gasteiger charge is 2.22. The monoisotopic (exact) mass is 339 g/mol. The number of benzene rings is 1. The molecule has 1 atom stereocenters. The predicted molar refractivity (Wildman–Crippen MR) is 105 cm³/mol. The van der Waals surface area contributed by atoms with Crippen molar-refractivity contribution in [1.29, 1.82) is 0 Å². The van der Waals surface area contributed by atoms with Crippen molar-refractivity contribution in [3.63, 3.8) is 0 Å². The van der Waals surface area contributed by atoms with Gasteiger partial charge in [-0.3, -0.25) is 9.69 Å². The number of allylic oxidation sites excluding steroid dienone is 1. The fraction of sp³-hybridized carbons (Fsp3) is 0.476. The van der Waals surface area contributed by atoms with Crippen molar-refractivity contribution in [2.24, 2.45) is 7.05 Å². The molecule has 1 aliphatic heterocycles. The number of para-hydroxylation sites is 1. The standard InChI is InChI=1S/C21H29N3O/c1-4-16(2)13-24(18-8-7-11-22-12-18)15-17-14-23(3)20-10-6-5-9-19(20)21(17)25/h4-6,9-10,14,18,22H,7-8,11-13,15H2,1-3H3/b16-4+. The number of rotatable bonds is 5. The molecule has 0 radical (unpaired) electrons. The van der Waals surface area contributed by atoms with Crippen molar-refractivity contribution >= 4 is 10.9 Å². The van der Waals surface area contributed by atoms with Gasteiger partial charge in [-0.25, -0.2) is 0 Å². The first-order chi connectivity index (χ1) is 12.1. The van der Waals surface area contributed by atoms with Gasteiger partial charge in [0.15, 0.2) is 5.43 Å². The fourth-order valence-corrected chi connectivity index (χ4v) is 3.71. The minimum atomic E-state index is 0.167. The van der Waals surface area contributed by atoms with Crippen LogP contribution in [0.5, 0.6) is 0 Å². The van der Waals surface area contributed by atoms with E-state index in [1.54, 1.807) is 0 Å². The van der Waals surface area contributed by atoms with E-state index in [2.05, 4.69) is 34.7 Å². The number of piperidine rings is 1. The smallest absolute Gasteiger partial charge is 0.193 e. The lowest BCUT2D eigenvalue weighted by Crippen LogP contribution is -2.46. The molecule has 1 aliphatic rings. The van der Waals surface area contributed by atoms with E-state index in [0.717, 1.165) is 36.1 Å². The molecular formula is C21H29N3O. The molecule has 0 saturated carbocycles. The summed E-state index contributed by atoms with van der Waals surface area (Å²) >= 11 is 0. The maximum Gasteiger partial charge on any atom is 0.193 e. The minimum Gasteiger partial charge on any atom is -0.350 e. The Labute approximate surface area is 150 Å². The molecule has 1 aromatic heterocycles. The summed E-state index contributed by atoms with van der Waals surface area (Å²) in [5, 5.41) is 4.32. The predicted octanol–water partition coefficient (Wildman–Crippen LogP) is 3.06. The van der Waals surface area contributed by atoms with Crippen LogP contribution in [0.4, 0.5) is 0 Å². The van der Waals surface area contributed by atoms with Crippen molar-refractivity contribution in [1.82, 2.24) is 14.8 Å². The van der Waals surface area contributed by atoms with Crippen LogP contribution in [0, 0.1) is 0 Å². The zero-order valence-corrected chi connectivity index (χ0v) is 15.6. The van der Waals surface area contributed by atoms with Crippen molar-refractivity contribution in [3.8, 4) is 0 Å². The minimum absolute atomic E-state index is 0.167. The number of nitrogens with one attached hydrogen (secondary N) is 1. The molecule has 0 bridgehead atoms. The van der Waals surface area contributed by atoms with Gasteiger partial charge in [-0.05, 0) is 45.4 Å². The summed E-state index contributed by atoms with van der Waals surface area (Å²) in [6.07, 6.45) is 6.57. The van der Waals surface area contributed by atoms with Gasteiger partial charge in [0.25, 0.3) is 0 Å². The highest BCUT2D eigenvalue weighted by Crippen LogP contribution is 2.17. The Bertz CT molecular complexity index is 815. The summed E-state index contributed by atoms with van der Waals surface area (Å²) in [6.45, 7) is 7.98. The van der Waals surface area contributed by atoms with Crippen molar-refractivity contribution in [2.75, 3.05) is 19.6 Å². The van der Waals surface area contributed by atoms with Crippen LogP contribution in [-0.2, 0) is 13.6 Å². The first-order valence-electron chi connectivity index (χ1n) is 9.24. The molecule has 2 heterocycles. The van der Waals surface area contributed by atoms with Crippen LogP contribution in [0.25, 0.3) is 10.9 Å². The zero-order valence-electron chi connectivity index (χ0n) is 15.6. The Kier molecular flexibility index (Phi) is 5.71. The van der Waals surface area contributed by atoms with Crippen molar-refractivity contribution < 1.29 is 0 Å². The summed E-state index contributed by atoms with van der Waals surface area (Å²) in [5.41, 5.74) is 3.39. The number of pyridine rings is 1. The van der Waals surface area contributed by atoms with E-state index < -0.39 is 0 Å². The number of aromatic nitrogens is 1. The molecule has 4 heteroatoms. The van der Waals surface area contributed by atoms with Crippen molar-refractivity contribution in [2.45, 2.75) is 39.3 Å². The molecule has 0 amide bonds. The first kappa shape index (κ1) is 17.9. The molecule has 134 valence electrons. The molecule has 0 aliphatic carbocycles. The summed E-state index contributed by atoms with van der Waals surface area (Å²) in [4.78, 5) is 15.4. The summed E-state index contributed by atoms with van der Waals surface area (Å²) in [5.74, 6) is 0. The van der Waals surface area contributed by atoms with Crippen LogP contribution in [0.15, 0.2) is 46.9 Å². The molecule has 25 heavy (non-hydrogen) atoms. The zero-order chi connectivity index (χ0) is 17.8. The van der Waals surface area contributed by atoms with Crippen LogP contribution >= 0.6 is 0 Å². The van der Waals surface area contributed by atoms with E-state index in [1.165, 1.54) is 18.4 Å². The molecule has 0 spiro atoms. The lowest BCUT2D eigenvalue weighted by Gasteiger charge is -2.35. The van der Waals surface area contributed by atoms with Gasteiger partial charge in [0.05, 0.1) is 5.52 Å². The van der Waals surface area contributed by atoms with Gasteiger partial charge in [-0.2, -0.15) is 0 Å². The first-order valence-corrected chi connectivity index (χ1v) is 9.24. The van der Waals surface area contributed by atoms with Crippen LogP contribution in [0.3, 0.4) is 0 Å². The third-order valence-electron chi connectivity index (χ3n) is 5.28. The van der Waals surface area contributed by atoms with Crippen LogP contribution in [0.2, 0.25) is 0 Å². The van der Waals surface area contributed by atoms with E-state index in [-0.39, 0.29) is 5.43 Å². The molecule has 1 saturated heterocycles. The van der Waals surface area contributed by atoms with Crippen molar-refractivity contribution in [3.05, 3.63) is 57.9 Å². The topological polar surface area (TPSA) is 37.3 Å². The third kappa shape index (κ3) is 4.02. The Morgan fingerprint density at radius 2 is 2.20 bits per heavy atom. The Morgan fingerprint density at radius 3 is 2.92 bits per heavy atom. The quantitative estimate of drug-likeness (QED) is 0.851. The Hall–Kier alpha value is -1.91. The van der Waals surface area contributed by atoms with Gasteiger partial charge < -0.3 is 9.88 Å². The molecule has 4 nitrogen and oxygen atoms in total. The number of fused-ring (bicyclic) bond motifs is 1. The van der Waals surface area contributed by atoms with Gasteiger partial charge in [0, 0.05) is 49.9 Å². The molecule has 1 aromatic carbocycles. The van der Waals surface area contributed by atoms with E-state index in [9.17, 15) is 4.79 Å². The number of hydrogen-bond donors (Lipinski definition) is 1. The summed E-state index contributed by atoms with van der Waals surface area (Å²) in [7, 11) is 2.02. The molecule has 2 aromatic rings. The number of hydrogen-bond acceptors (Lipinski definition) is 3. The lowest BCUT2D eigenvalue weighted by atomic mass is 10.0. The van der Waals surface area contributed by atoms with Gasteiger partial charge in [-0.1, -0.05) is 23.8 Å². The number of aryl methyl sites for hydroxylation is 1. The molecule has 3 rings (SSSR count). The normalized spacial score (nSPS) is 18.9. The summed E-state index contributed by atoms with van der Waals surface area (Å²) < 4.78 is 2.08. The second-order valence-electron chi connectivity index (χ2n) is 7.15. The highest BCUT2D eigenvalue weighted by atomic mass is 16.1. The van der Waals surface area contributed by atoms with Gasteiger partial charge >= 0.3 is 0 Å².